The Bertz CT molecular complexity index is 1130. The van der Waals surface area contributed by atoms with Gasteiger partial charge in [-0.3, -0.25) is 0 Å². The minimum atomic E-state index is 0.535. The molecule has 0 saturated heterocycles. The Kier molecular flexibility index (Phi) is 5.30. The molecule has 0 fully saturated rings. The summed E-state index contributed by atoms with van der Waals surface area (Å²) in [5, 5.41) is 16.0. The van der Waals surface area contributed by atoms with E-state index >= 15 is 0 Å². The lowest BCUT2D eigenvalue weighted by Gasteiger charge is -2.12. The molecule has 4 aromatic rings. The summed E-state index contributed by atoms with van der Waals surface area (Å²) >= 11 is 0. The summed E-state index contributed by atoms with van der Waals surface area (Å²) in [6, 6.07) is 12.0. The number of hydrogen-bond acceptors (Lipinski definition) is 6. The summed E-state index contributed by atoms with van der Waals surface area (Å²) in [7, 11) is 0. The van der Waals surface area contributed by atoms with E-state index in [0.717, 1.165) is 28.1 Å². The quantitative estimate of drug-likeness (QED) is 0.495. The van der Waals surface area contributed by atoms with Crippen LogP contribution < -0.4 is 11.1 Å². The Balaban J connectivity index is 1.38. The van der Waals surface area contributed by atoms with Crippen LogP contribution in [-0.4, -0.2) is 29.8 Å². The van der Waals surface area contributed by atoms with Gasteiger partial charge in [0.15, 0.2) is 0 Å². The molecule has 0 radical (unpaired) electrons. The Morgan fingerprint density at radius 1 is 1.20 bits per heavy atom. The van der Waals surface area contributed by atoms with Gasteiger partial charge < -0.3 is 11.1 Å². The second-order valence-corrected chi connectivity index (χ2v) is 7.18. The molecule has 0 aliphatic rings. The van der Waals surface area contributed by atoms with E-state index in [0.29, 0.717) is 30.3 Å². The number of nitrogens with zero attached hydrogens (tertiary/aromatic N) is 6. The molecule has 3 aromatic heterocycles. The van der Waals surface area contributed by atoms with Gasteiger partial charge in [-0.25, -0.2) is 14.3 Å². The fourth-order valence-electron chi connectivity index (χ4n) is 3.32. The van der Waals surface area contributed by atoms with Gasteiger partial charge in [0.1, 0.15) is 11.5 Å². The van der Waals surface area contributed by atoms with E-state index in [1.165, 1.54) is 0 Å². The van der Waals surface area contributed by atoms with Crippen LogP contribution >= 0.6 is 0 Å². The molecule has 3 heterocycles. The minimum Gasteiger partial charge on any atom is -0.384 e. The molecule has 8 nitrogen and oxygen atoms in total. The third kappa shape index (κ3) is 4.22. The first kappa shape index (κ1) is 19.4. The van der Waals surface area contributed by atoms with Crippen molar-refractivity contribution in [1.29, 1.82) is 0 Å². The van der Waals surface area contributed by atoms with Gasteiger partial charge in [0.2, 0.25) is 0 Å². The van der Waals surface area contributed by atoms with Gasteiger partial charge in [-0.05, 0) is 54.8 Å². The highest BCUT2D eigenvalue weighted by molar-refractivity contribution is 5.57. The van der Waals surface area contributed by atoms with Gasteiger partial charge in [-0.15, -0.1) is 5.10 Å². The predicted octanol–water partition coefficient (Wildman–Crippen LogP) is 2.87. The average molecular weight is 400 g/mol. The van der Waals surface area contributed by atoms with Crippen LogP contribution in [-0.2, 0) is 13.1 Å². The fraction of sp³-hybridized carbons (Fsp3) is 0.182. The van der Waals surface area contributed by atoms with Crippen molar-refractivity contribution in [1.82, 2.24) is 35.1 Å². The summed E-state index contributed by atoms with van der Waals surface area (Å²) in [5.74, 6) is 0.535. The number of hydrogen-bond donors (Lipinski definition) is 2. The molecule has 152 valence electrons. The van der Waals surface area contributed by atoms with Gasteiger partial charge in [-0.1, -0.05) is 23.9 Å². The van der Waals surface area contributed by atoms with Crippen molar-refractivity contribution in [2.24, 2.45) is 0 Å². The van der Waals surface area contributed by atoms with Crippen molar-refractivity contribution >= 4 is 11.5 Å². The van der Waals surface area contributed by atoms with Crippen LogP contribution in [0.4, 0.5) is 5.82 Å². The van der Waals surface area contributed by atoms with Crippen molar-refractivity contribution in [2.45, 2.75) is 26.9 Å². The number of benzene rings is 1. The number of aryl methyl sites for hydroxylation is 2. The topological polar surface area (TPSA) is 99.5 Å². The van der Waals surface area contributed by atoms with Crippen LogP contribution in [0.5, 0.6) is 0 Å². The third-order valence-electron chi connectivity index (χ3n) is 4.95. The lowest BCUT2D eigenvalue weighted by Crippen LogP contribution is -2.14. The molecule has 0 bridgehead atoms. The second-order valence-electron chi connectivity index (χ2n) is 7.18. The smallest absolute Gasteiger partial charge is 0.128 e. The molecule has 8 heteroatoms. The van der Waals surface area contributed by atoms with E-state index in [4.69, 9.17) is 5.73 Å². The van der Waals surface area contributed by atoms with E-state index in [-0.39, 0.29) is 0 Å². The summed E-state index contributed by atoms with van der Waals surface area (Å²) in [6.07, 6.45) is 5.57. The number of pyridine rings is 1. The first-order valence-corrected chi connectivity index (χ1v) is 9.64. The van der Waals surface area contributed by atoms with Crippen LogP contribution in [0.3, 0.4) is 0 Å². The highest BCUT2D eigenvalue weighted by Gasteiger charge is 2.09. The maximum absolute atomic E-state index is 5.80. The van der Waals surface area contributed by atoms with Gasteiger partial charge >= 0.3 is 0 Å². The molecule has 0 saturated carbocycles. The number of rotatable bonds is 7. The molecular weight excluding hydrogens is 376 g/mol. The maximum atomic E-state index is 5.80. The van der Waals surface area contributed by atoms with Crippen LogP contribution in [0.15, 0.2) is 61.6 Å². The van der Waals surface area contributed by atoms with Crippen molar-refractivity contribution in [3.05, 3.63) is 89.6 Å². The molecule has 0 unspecified atom stereocenters. The SMILES string of the molecule is C=C(NCc1c(C)cc(N)nc1C)c1cn(Cc2ccc(-n3cccn3)cc2)nn1. The van der Waals surface area contributed by atoms with E-state index in [1.807, 2.05) is 55.2 Å². The number of anilines is 1. The zero-order valence-electron chi connectivity index (χ0n) is 17.1. The molecule has 0 spiro atoms. The van der Waals surface area contributed by atoms with Crippen LogP contribution in [0.1, 0.15) is 28.1 Å². The van der Waals surface area contributed by atoms with E-state index in [9.17, 15) is 0 Å². The number of nitrogen functional groups attached to an aromatic ring is 1. The Morgan fingerprint density at radius 3 is 2.70 bits per heavy atom. The van der Waals surface area contributed by atoms with Gasteiger partial charge in [0, 0.05) is 24.6 Å². The first-order valence-electron chi connectivity index (χ1n) is 9.64. The third-order valence-corrected chi connectivity index (χ3v) is 4.95. The molecule has 3 N–H and O–H groups in total. The maximum Gasteiger partial charge on any atom is 0.128 e. The lowest BCUT2D eigenvalue weighted by molar-refractivity contribution is 0.649. The highest BCUT2D eigenvalue weighted by atomic mass is 15.4. The Hall–Kier alpha value is -3.94. The van der Waals surface area contributed by atoms with Crippen molar-refractivity contribution in [3.8, 4) is 5.69 Å². The highest BCUT2D eigenvalue weighted by Crippen LogP contribution is 2.16. The average Bonchev–Trinajstić information content (AvgIpc) is 3.40. The van der Waals surface area contributed by atoms with Gasteiger partial charge in [-0.2, -0.15) is 5.10 Å². The summed E-state index contributed by atoms with van der Waals surface area (Å²) in [4.78, 5) is 4.33. The lowest BCUT2D eigenvalue weighted by atomic mass is 10.1. The monoisotopic (exact) mass is 400 g/mol. The zero-order chi connectivity index (χ0) is 21.1. The second kappa shape index (κ2) is 8.20. The molecule has 4 rings (SSSR count). The number of nitrogens with one attached hydrogen (secondary N) is 1. The molecule has 0 aliphatic heterocycles. The van der Waals surface area contributed by atoms with Gasteiger partial charge in [0.05, 0.1) is 24.1 Å². The predicted molar refractivity (Wildman–Crippen MR) is 117 cm³/mol. The summed E-state index contributed by atoms with van der Waals surface area (Å²) < 4.78 is 3.62. The molecule has 0 amide bonds. The summed E-state index contributed by atoms with van der Waals surface area (Å²) in [5.41, 5.74) is 12.5. The normalized spacial score (nSPS) is 10.9. The molecule has 0 atom stereocenters. The van der Waals surface area contributed by atoms with Crippen molar-refractivity contribution in [2.75, 3.05) is 5.73 Å². The molecule has 0 aliphatic carbocycles. The van der Waals surface area contributed by atoms with Crippen molar-refractivity contribution in [3.63, 3.8) is 0 Å². The van der Waals surface area contributed by atoms with Crippen molar-refractivity contribution < 1.29 is 0 Å². The van der Waals surface area contributed by atoms with Crippen LogP contribution in [0, 0.1) is 13.8 Å². The zero-order valence-corrected chi connectivity index (χ0v) is 17.1. The van der Waals surface area contributed by atoms with Crippen LogP contribution in [0.25, 0.3) is 11.4 Å². The summed E-state index contributed by atoms with van der Waals surface area (Å²) in [6.45, 7) is 9.31. The van der Waals surface area contributed by atoms with Crippen LogP contribution in [0.2, 0.25) is 0 Å². The standard InChI is InChI=1S/C22H24N8/c1-15-11-22(23)26-16(2)20(15)12-24-17(3)21-14-29(28-27-21)13-18-5-7-19(8-6-18)30-10-4-9-25-30/h4-11,14,24H,3,12-13H2,1-2H3,(H2,23,26). The first-order chi connectivity index (χ1) is 14.5. The molecule has 1 aromatic carbocycles. The number of nitrogens with two attached hydrogens (primary N) is 1. The molecule has 30 heavy (non-hydrogen) atoms. The van der Waals surface area contributed by atoms with E-state index < -0.39 is 0 Å². The fourth-order valence-corrected chi connectivity index (χ4v) is 3.32. The molecular formula is C22H24N8. The van der Waals surface area contributed by atoms with E-state index in [2.05, 4.69) is 44.4 Å². The van der Waals surface area contributed by atoms with Gasteiger partial charge in [0.25, 0.3) is 0 Å². The Morgan fingerprint density at radius 2 is 2.00 bits per heavy atom. The Labute approximate surface area is 175 Å². The minimum absolute atomic E-state index is 0.535. The largest absolute Gasteiger partial charge is 0.384 e. The number of aromatic nitrogens is 6. The van der Waals surface area contributed by atoms with E-state index in [1.54, 1.807) is 10.9 Å².